The molecule has 0 atom stereocenters. The van der Waals surface area contributed by atoms with Crippen LogP contribution in [0, 0.1) is 0 Å². The molecule has 0 aliphatic carbocycles. The first-order valence-corrected chi connectivity index (χ1v) is 11.7. The van der Waals surface area contributed by atoms with E-state index in [-0.39, 0.29) is 12.5 Å². The number of rotatable bonds is 6. The molecule has 0 saturated carbocycles. The van der Waals surface area contributed by atoms with Crippen molar-refractivity contribution in [1.82, 2.24) is 40.0 Å². The number of hydrogen-bond acceptors (Lipinski definition) is 7. The summed E-state index contributed by atoms with van der Waals surface area (Å²) in [6.07, 6.45) is 8.62. The molecule has 1 aromatic carbocycles. The fourth-order valence-electron chi connectivity index (χ4n) is 4.30. The molecule has 0 saturated heterocycles. The van der Waals surface area contributed by atoms with E-state index in [1.165, 1.54) is 0 Å². The molecule has 0 spiro atoms. The SMILES string of the molecule is CN(C)CC(=O)Nc1cncc(-c2cc3c(-c4nc5c(-c6ccncc6)cccc5[nH]4)n[nH]c3cn2)c1. The smallest absolute Gasteiger partial charge is 0.238 e. The summed E-state index contributed by atoms with van der Waals surface area (Å²) in [6.45, 7) is 0.285. The number of benzene rings is 1. The zero-order valence-corrected chi connectivity index (χ0v) is 20.2. The average Bonchev–Trinajstić information content (AvgIpc) is 3.52. The minimum absolute atomic E-state index is 0.111. The fourth-order valence-corrected chi connectivity index (χ4v) is 4.30. The van der Waals surface area contributed by atoms with Crippen LogP contribution in [0.4, 0.5) is 5.69 Å². The lowest BCUT2D eigenvalue weighted by Gasteiger charge is -2.10. The Balaban J connectivity index is 1.38. The summed E-state index contributed by atoms with van der Waals surface area (Å²) < 4.78 is 0. The Kier molecular flexibility index (Phi) is 5.62. The second-order valence-corrected chi connectivity index (χ2v) is 8.96. The van der Waals surface area contributed by atoms with Crippen molar-refractivity contribution in [2.45, 2.75) is 0 Å². The number of nitrogens with one attached hydrogen (secondary N) is 3. The van der Waals surface area contributed by atoms with E-state index in [1.807, 2.05) is 56.6 Å². The highest BCUT2D eigenvalue weighted by molar-refractivity contribution is 5.98. The molecular weight excluding hydrogens is 466 g/mol. The van der Waals surface area contributed by atoms with Crippen molar-refractivity contribution >= 4 is 33.5 Å². The van der Waals surface area contributed by atoms with Crippen LogP contribution < -0.4 is 5.32 Å². The summed E-state index contributed by atoms with van der Waals surface area (Å²) in [7, 11) is 3.69. The Bertz CT molecular complexity index is 1740. The Morgan fingerprint density at radius 3 is 2.68 bits per heavy atom. The number of pyridine rings is 3. The second-order valence-electron chi connectivity index (χ2n) is 8.96. The summed E-state index contributed by atoms with van der Waals surface area (Å²) >= 11 is 0. The molecule has 0 unspecified atom stereocenters. The second kappa shape index (κ2) is 9.25. The molecule has 5 heterocycles. The van der Waals surface area contributed by atoms with E-state index in [1.54, 1.807) is 35.9 Å². The third-order valence-corrected chi connectivity index (χ3v) is 5.95. The first-order chi connectivity index (χ1) is 18.0. The molecule has 10 heteroatoms. The van der Waals surface area contributed by atoms with E-state index in [4.69, 9.17) is 4.98 Å². The number of carbonyl (C=O) groups excluding carboxylic acids is 1. The topological polar surface area (TPSA) is 128 Å². The van der Waals surface area contributed by atoms with E-state index in [0.717, 1.165) is 38.6 Å². The number of anilines is 1. The molecule has 0 aliphatic heterocycles. The first kappa shape index (κ1) is 22.5. The molecule has 5 aromatic heterocycles. The largest absolute Gasteiger partial charge is 0.337 e. The highest BCUT2D eigenvalue weighted by Crippen LogP contribution is 2.32. The number of H-pyrrole nitrogens is 2. The Labute approximate surface area is 211 Å². The summed E-state index contributed by atoms with van der Waals surface area (Å²) in [5.74, 6) is 0.545. The van der Waals surface area contributed by atoms with Gasteiger partial charge in [0, 0.05) is 35.1 Å². The maximum absolute atomic E-state index is 12.2. The van der Waals surface area contributed by atoms with Gasteiger partial charge in [0.2, 0.25) is 5.91 Å². The maximum Gasteiger partial charge on any atom is 0.238 e. The number of aromatic nitrogens is 7. The predicted octanol–water partition coefficient (Wildman–Crippen LogP) is 4.13. The highest BCUT2D eigenvalue weighted by Gasteiger charge is 2.16. The molecule has 182 valence electrons. The molecular formula is C27H23N9O. The molecule has 0 fully saturated rings. The minimum Gasteiger partial charge on any atom is -0.337 e. The lowest BCUT2D eigenvalue weighted by atomic mass is 10.1. The number of likely N-dealkylation sites (N-methyl/N-ethyl adjacent to an activating group) is 1. The Morgan fingerprint density at radius 2 is 1.84 bits per heavy atom. The van der Waals surface area contributed by atoms with Gasteiger partial charge in [-0.05, 0) is 50.0 Å². The molecule has 37 heavy (non-hydrogen) atoms. The van der Waals surface area contributed by atoms with Gasteiger partial charge in [-0.25, -0.2) is 4.98 Å². The first-order valence-electron chi connectivity index (χ1n) is 11.7. The number of amides is 1. The van der Waals surface area contributed by atoms with Crippen molar-refractivity contribution in [2.24, 2.45) is 0 Å². The Hall–Kier alpha value is -4.96. The lowest BCUT2D eigenvalue weighted by molar-refractivity contribution is -0.116. The number of hydrogen-bond donors (Lipinski definition) is 3. The van der Waals surface area contributed by atoms with Crippen molar-refractivity contribution in [3.05, 3.63) is 73.4 Å². The predicted molar refractivity (Wildman–Crippen MR) is 143 cm³/mol. The summed E-state index contributed by atoms with van der Waals surface area (Å²) in [4.78, 5) is 35.3. The van der Waals surface area contributed by atoms with E-state index in [9.17, 15) is 4.79 Å². The van der Waals surface area contributed by atoms with Crippen LogP contribution >= 0.6 is 0 Å². The molecule has 0 radical (unpaired) electrons. The van der Waals surface area contributed by atoms with Crippen molar-refractivity contribution in [3.63, 3.8) is 0 Å². The number of carbonyl (C=O) groups is 1. The van der Waals surface area contributed by atoms with Crippen molar-refractivity contribution < 1.29 is 4.79 Å². The number of imidazole rings is 1. The number of aromatic amines is 2. The standard InChI is InChI=1S/C27H23N9O/c1-36(2)15-24(37)31-18-10-17(12-29-13-18)22-11-20-23(14-30-22)34-35-26(20)27-32-21-5-3-4-19(25(21)33-27)16-6-8-28-9-7-16/h3-14H,15H2,1-2H3,(H,31,37)(H,32,33)(H,34,35). The van der Waals surface area contributed by atoms with Gasteiger partial charge in [0.15, 0.2) is 5.82 Å². The maximum atomic E-state index is 12.2. The average molecular weight is 490 g/mol. The third kappa shape index (κ3) is 4.41. The van der Waals surface area contributed by atoms with Crippen LogP contribution in [0.25, 0.3) is 55.8 Å². The van der Waals surface area contributed by atoms with Gasteiger partial charge >= 0.3 is 0 Å². The monoisotopic (exact) mass is 489 g/mol. The molecule has 6 aromatic rings. The van der Waals surface area contributed by atoms with E-state index in [2.05, 4.69) is 35.5 Å². The molecule has 10 nitrogen and oxygen atoms in total. The van der Waals surface area contributed by atoms with Gasteiger partial charge in [-0.15, -0.1) is 0 Å². The van der Waals surface area contributed by atoms with Crippen LogP contribution in [0.2, 0.25) is 0 Å². The highest BCUT2D eigenvalue weighted by atomic mass is 16.2. The van der Waals surface area contributed by atoms with Gasteiger partial charge in [-0.3, -0.25) is 24.8 Å². The van der Waals surface area contributed by atoms with Crippen LogP contribution in [0.3, 0.4) is 0 Å². The van der Waals surface area contributed by atoms with E-state index in [0.29, 0.717) is 22.9 Å². The summed E-state index contributed by atoms with van der Waals surface area (Å²) in [6, 6.07) is 13.8. The molecule has 1 amide bonds. The zero-order chi connectivity index (χ0) is 25.4. The van der Waals surface area contributed by atoms with Crippen LogP contribution in [0.5, 0.6) is 0 Å². The van der Waals surface area contributed by atoms with Crippen molar-refractivity contribution in [3.8, 4) is 33.9 Å². The fraction of sp³-hybridized carbons (Fsp3) is 0.111. The zero-order valence-electron chi connectivity index (χ0n) is 20.2. The summed E-state index contributed by atoms with van der Waals surface area (Å²) in [5, 5.41) is 11.3. The van der Waals surface area contributed by atoms with Gasteiger partial charge in [-0.1, -0.05) is 12.1 Å². The summed E-state index contributed by atoms with van der Waals surface area (Å²) in [5.41, 5.74) is 7.42. The van der Waals surface area contributed by atoms with Crippen molar-refractivity contribution in [1.29, 1.82) is 0 Å². The molecule has 6 rings (SSSR count). The van der Waals surface area contributed by atoms with Crippen LogP contribution in [0.1, 0.15) is 0 Å². The quantitative estimate of drug-likeness (QED) is 0.321. The van der Waals surface area contributed by atoms with Gasteiger partial charge in [0.05, 0.1) is 46.9 Å². The van der Waals surface area contributed by atoms with Crippen LogP contribution in [-0.4, -0.2) is 66.6 Å². The van der Waals surface area contributed by atoms with Crippen LogP contribution in [-0.2, 0) is 4.79 Å². The number of para-hydroxylation sites is 1. The number of fused-ring (bicyclic) bond motifs is 2. The minimum atomic E-state index is -0.111. The van der Waals surface area contributed by atoms with E-state index < -0.39 is 0 Å². The van der Waals surface area contributed by atoms with Crippen molar-refractivity contribution in [2.75, 3.05) is 26.0 Å². The molecule has 3 N–H and O–H groups in total. The third-order valence-electron chi connectivity index (χ3n) is 5.95. The van der Waals surface area contributed by atoms with Gasteiger partial charge in [0.1, 0.15) is 5.69 Å². The normalized spacial score (nSPS) is 11.4. The number of nitrogens with zero attached hydrogens (tertiary/aromatic N) is 6. The van der Waals surface area contributed by atoms with E-state index >= 15 is 0 Å². The molecule has 0 aliphatic rings. The molecule has 0 bridgehead atoms. The van der Waals surface area contributed by atoms with Gasteiger partial charge < -0.3 is 15.2 Å². The Morgan fingerprint density at radius 1 is 0.973 bits per heavy atom. The van der Waals surface area contributed by atoms with Gasteiger partial charge in [0.25, 0.3) is 0 Å². The van der Waals surface area contributed by atoms with Crippen LogP contribution in [0.15, 0.2) is 73.4 Å². The van der Waals surface area contributed by atoms with Gasteiger partial charge in [-0.2, -0.15) is 5.10 Å². The lowest BCUT2D eigenvalue weighted by Crippen LogP contribution is -2.27.